The van der Waals surface area contributed by atoms with Crippen LogP contribution in [0.5, 0.6) is 11.5 Å². The Morgan fingerprint density at radius 1 is 0.343 bits per heavy atom. The molecule has 0 saturated carbocycles. The third kappa shape index (κ3) is 10.1. The number of benzene rings is 14. The molecule has 2 aliphatic heterocycles. The Bertz CT molecular complexity index is 5650. The van der Waals surface area contributed by atoms with Crippen LogP contribution in [0.2, 0.25) is 0 Å². The third-order valence-electron chi connectivity index (χ3n) is 19.6. The molecule has 4 heterocycles. The van der Waals surface area contributed by atoms with Crippen molar-refractivity contribution in [3.8, 4) is 89.6 Å². The van der Waals surface area contributed by atoms with E-state index in [2.05, 4.69) is 397 Å². The average Bonchev–Trinajstić information content (AvgIpc) is 1.18. The van der Waals surface area contributed by atoms with Gasteiger partial charge in [-0.1, -0.05) is 164 Å². The van der Waals surface area contributed by atoms with E-state index < -0.39 is 5.41 Å². The van der Waals surface area contributed by atoms with Gasteiger partial charge in [-0.2, -0.15) is 0 Å². The SMILES string of the molecule is Cc1cc(N2c3[c-]c(Oc4[c-]c(-n5[c](=[Pt])n(-c6c(-c7ccccc7)cccc6-c6ccccc6)c6ccccc65)ccc4)ccc3C3(c4ccccc42)c2cc(-c4ccccc4)ccc2N(c2ccccc2)c2ccc(-c4ccccc4)cc23)ncc1-c1ccc(-c2ccccc2)cc1. The second-order valence-electron chi connectivity index (χ2n) is 25.2. The number of ether oxygens (including phenoxy) is 1. The average molecular weight is 1450 g/mol. The number of aryl methyl sites for hydroxylation is 1. The first kappa shape index (κ1) is 59.3. The normalized spacial score (nSPS) is 12.6. The maximum atomic E-state index is 7.27. The summed E-state index contributed by atoms with van der Waals surface area (Å²) in [5.41, 5.74) is 27.1. The first-order chi connectivity index (χ1) is 48.9. The van der Waals surface area contributed by atoms with Gasteiger partial charge in [0.1, 0.15) is 0 Å². The van der Waals surface area contributed by atoms with Crippen molar-refractivity contribution in [3.63, 3.8) is 0 Å². The summed E-state index contributed by atoms with van der Waals surface area (Å²) in [5, 5.41) is 0. The fourth-order valence-corrected chi connectivity index (χ4v) is 16.2. The molecule has 2 aliphatic rings. The van der Waals surface area contributed by atoms with Crippen molar-refractivity contribution in [2.75, 3.05) is 9.80 Å². The predicted octanol–water partition coefficient (Wildman–Crippen LogP) is 23.5. The van der Waals surface area contributed by atoms with Crippen LogP contribution in [-0.4, -0.2) is 14.1 Å². The molecule has 0 amide bonds. The van der Waals surface area contributed by atoms with Crippen LogP contribution in [0.4, 0.5) is 34.3 Å². The van der Waals surface area contributed by atoms with Crippen LogP contribution in [0, 0.1) is 22.9 Å². The first-order valence-corrected chi connectivity index (χ1v) is 34.5. The molecule has 2 aromatic heterocycles. The zero-order chi connectivity index (χ0) is 66.0. The minimum absolute atomic E-state index is 0.526. The third-order valence-corrected chi connectivity index (χ3v) is 20.6. The van der Waals surface area contributed by atoms with Crippen molar-refractivity contribution in [1.82, 2.24) is 14.1 Å². The zero-order valence-corrected chi connectivity index (χ0v) is 56.2. The van der Waals surface area contributed by atoms with Gasteiger partial charge in [0.05, 0.1) is 0 Å². The van der Waals surface area contributed by atoms with Gasteiger partial charge in [0, 0.05) is 28.8 Å². The van der Waals surface area contributed by atoms with Gasteiger partial charge >= 0.3 is 306 Å². The summed E-state index contributed by atoms with van der Waals surface area (Å²) in [4.78, 5) is 10.3. The molecule has 0 atom stereocenters. The van der Waals surface area contributed by atoms with Gasteiger partial charge in [0.15, 0.2) is 0 Å². The molecule has 0 bridgehead atoms. The number of hydrogen-bond acceptors (Lipinski definition) is 4. The van der Waals surface area contributed by atoms with Crippen molar-refractivity contribution in [1.29, 1.82) is 0 Å². The Kier molecular flexibility index (Phi) is 14.8. The molecule has 7 heteroatoms. The van der Waals surface area contributed by atoms with Crippen LogP contribution >= 0.6 is 0 Å². The van der Waals surface area contributed by atoms with Crippen molar-refractivity contribution < 1.29 is 24.1 Å². The summed E-state index contributed by atoms with van der Waals surface area (Å²) in [5.74, 6) is 1.82. The fourth-order valence-electron chi connectivity index (χ4n) is 15.1. The number of imidazole rings is 1. The Morgan fingerprint density at radius 2 is 0.798 bits per heavy atom. The van der Waals surface area contributed by atoms with Crippen molar-refractivity contribution in [3.05, 3.63) is 396 Å². The Balaban J connectivity index is 0.846. The van der Waals surface area contributed by atoms with E-state index in [9.17, 15) is 0 Å². The minimum atomic E-state index is -0.953. The number of fused-ring (bicyclic) bond motifs is 9. The molecule has 0 saturated heterocycles. The zero-order valence-electron chi connectivity index (χ0n) is 53.9. The molecule has 472 valence electrons. The Morgan fingerprint density at radius 3 is 1.38 bits per heavy atom. The molecule has 14 aromatic carbocycles. The van der Waals surface area contributed by atoms with Crippen LogP contribution < -0.4 is 14.5 Å². The van der Waals surface area contributed by atoms with Gasteiger partial charge in [-0.25, -0.2) is 0 Å². The van der Waals surface area contributed by atoms with Gasteiger partial charge < -0.3 is 4.90 Å². The van der Waals surface area contributed by atoms with Gasteiger partial charge in [-0.3, -0.25) is 0 Å². The van der Waals surface area contributed by atoms with E-state index in [1.807, 2.05) is 12.3 Å². The summed E-state index contributed by atoms with van der Waals surface area (Å²) in [7, 11) is 0. The van der Waals surface area contributed by atoms with E-state index in [-0.39, 0.29) is 0 Å². The summed E-state index contributed by atoms with van der Waals surface area (Å²) in [6.45, 7) is 2.19. The molecule has 0 fully saturated rings. The van der Waals surface area contributed by atoms with Crippen LogP contribution in [0.3, 0.4) is 0 Å². The molecule has 0 radical (unpaired) electrons. The summed E-state index contributed by atoms with van der Waals surface area (Å²) in [6.07, 6.45) is 2.04. The molecular formula is C92H61N5OPt-2. The topological polar surface area (TPSA) is 38.5 Å². The number of hydrogen-bond donors (Lipinski definition) is 0. The first-order valence-electron chi connectivity index (χ1n) is 33.4. The molecule has 6 nitrogen and oxygen atoms in total. The quantitative estimate of drug-likeness (QED) is 0.114. The number of aromatic nitrogens is 3. The van der Waals surface area contributed by atoms with Crippen LogP contribution in [0.1, 0.15) is 27.8 Å². The van der Waals surface area contributed by atoms with E-state index in [1.54, 1.807) is 0 Å². The van der Waals surface area contributed by atoms with Gasteiger partial charge in [0.2, 0.25) is 0 Å². The van der Waals surface area contributed by atoms with Gasteiger partial charge in [0.25, 0.3) is 0 Å². The monoisotopic (exact) mass is 1450 g/mol. The summed E-state index contributed by atoms with van der Waals surface area (Å²) < 4.78 is 12.9. The maximum absolute atomic E-state index is 7.27. The van der Waals surface area contributed by atoms with E-state index in [0.29, 0.717) is 11.5 Å². The number of rotatable bonds is 12. The van der Waals surface area contributed by atoms with Crippen LogP contribution in [-0.2, 0) is 24.8 Å². The fraction of sp³-hybridized carbons (Fsp3) is 0.0217. The molecule has 99 heavy (non-hydrogen) atoms. The minimum Gasteiger partial charge on any atom is -0.310 e. The number of anilines is 6. The Hall–Kier alpha value is -12.2. The Labute approximate surface area is 586 Å². The van der Waals surface area contributed by atoms with Gasteiger partial charge in [-0.05, 0) is 87.8 Å². The summed E-state index contributed by atoms with van der Waals surface area (Å²) >= 11 is 2.50. The van der Waals surface area contributed by atoms with Crippen LogP contribution in [0.25, 0.3) is 89.2 Å². The smallest absolute Gasteiger partial charge is 0.310 e. The molecule has 0 N–H and O–H groups in total. The number of pyridine rings is 1. The second kappa shape index (κ2) is 24.8. The van der Waals surface area contributed by atoms with E-state index in [1.165, 1.54) is 11.1 Å². The molecular weight excluding hydrogens is 1390 g/mol. The predicted molar refractivity (Wildman–Crippen MR) is 400 cm³/mol. The molecule has 16 aromatic rings. The van der Waals surface area contributed by atoms with Crippen molar-refractivity contribution in [2.45, 2.75) is 12.3 Å². The van der Waals surface area contributed by atoms with Crippen molar-refractivity contribution >= 4 is 45.3 Å². The number of para-hydroxylation sites is 5. The van der Waals surface area contributed by atoms with E-state index in [4.69, 9.17) is 9.72 Å². The molecule has 0 aliphatic carbocycles. The second-order valence-corrected chi connectivity index (χ2v) is 26.2. The molecule has 1 spiro atoms. The van der Waals surface area contributed by atoms with E-state index >= 15 is 0 Å². The summed E-state index contributed by atoms with van der Waals surface area (Å²) in [6, 6.07) is 132. The molecule has 0 unspecified atom stereocenters. The van der Waals surface area contributed by atoms with Crippen molar-refractivity contribution in [2.24, 2.45) is 0 Å². The van der Waals surface area contributed by atoms with Crippen LogP contribution in [0.15, 0.2) is 352 Å². The van der Waals surface area contributed by atoms with E-state index in [0.717, 1.165) is 144 Å². The standard InChI is InChI=1S/C92H61N5O.Pt/c1-63-56-90(93-61-79(63)70-48-46-67(47-49-70)64-26-8-2-9-27-64)97-84-43-21-20-42-80(84)92(82-57-71(65-28-10-3-11-29-65)50-54-85(82)96(73-36-18-7-19-37-73)86-55-51-72(58-83(86)92)66-30-12-4-13-31-66)81-53-52-76(60-89(81)97)98-75-39-24-38-74(59-75)94-62-95(88-45-23-22-44-87(88)94)91-77(68-32-14-5-15-33-68)40-25-41-78(91)69-34-16-6-17-35-69;/h2-58,61H,1H3;/q-2;. The molecule has 18 rings (SSSR count). The number of nitrogens with zero attached hydrogens (tertiary/aromatic N) is 5. The van der Waals surface area contributed by atoms with Gasteiger partial charge in [-0.15, -0.1) is 0 Å².